The molecule has 8 heteroatoms. The number of rotatable bonds is 2. The first-order valence-electron chi connectivity index (χ1n) is 3.08. The molecule has 1 atom stereocenters. The zero-order valence-electron chi connectivity index (χ0n) is 6.33. The first-order chi connectivity index (χ1) is 5.66. The van der Waals surface area contributed by atoms with Gasteiger partial charge in [0.1, 0.15) is 0 Å². The van der Waals surface area contributed by atoms with Gasteiger partial charge >= 0.3 is 6.18 Å². The molecule has 0 saturated heterocycles. The molecule has 2 nitrogen and oxygen atoms in total. The van der Waals surface area contributed by atoms with Gasteiger partial charge in [-0.3, -0.25) is 4.79 Å². The van der Waals surface area contributed by atoms with Gasteiger partial charge in [0.15, 0.2) is 0 Å². The van der Waals surface area contributed by atoms with Gasteiger partial charge in [0.2, 0.25) is 0 Å². The van der Waals surface area contributed by atoms with E-state index >= 15 is 0 Å². The SMILES string of the molecule is CCC(F)(C(=O)N(Cl)Cl)C(F)(F)F. The van der Waals surface area contributed by atoms with Crippen LogP contribution in [0.15, 0.2) is 0 Å². The van der Waals surface area contributed by atoms with Crippen LogP contribution >= 0.6 is 23.6 Å². The van der Waals surface area contributed by atoms with E-state index in [2.05, 4.69) is 0 Å². The van der Waals surface area contributed by atoms with Crippen LogP contribution in [0.25, 0.3) is 0 Å². The highest BCUT2D eigenvalue weighted by Gasteiger charge is 2.61. The van der Waals surface area contributed by atoms with E-state index in [0.29, 0.717) is 0 Å². The summed E-state index contributed by atoms with van der Waals surface area (Å²) in [6.07, 6.45) is -6.40. The molecule has 0 aromatic rings. The second-order valence-electron chi connectivity index (χ2n) is 2.19. The van der Waals surface area contributed by atoms with Crippen LogP contribution in [0.1, 0.15) is 13.3 Å². The Bertz CT molecular complexity index is 207. The average Bonchev–Trinajstić information content (AvgIpc) is 1.99. The van der Waals surface area contributed by atoms with Crippen LogP contribution in [-0.4, -0.2) is 21.7 Å². The molecule has 0 heterocycles. The summed E-state index contributed by atoms with van der Waals surface area (Å²) < 4.78 is 48.5. The van der Waals surface area contributed by atoms with Crippen LogP contribution in [-0.2, 0) is 4.79 Å². The quantitative estimate of drug-likeness (QED) is 0.538. The second-order valence-corrected chi connectivity index (χ2v) is 3.04. The largest absolute Gasteiger partial charge is 0.431 e. The Morgan fingerprint density at radius 3 is 1.77 bits per heavy atom. The van der Waals surface area contributed by atoms with E-state index in [9.17, 15) is 22.4 Å². The summed E-state index contributed by atoms with van der Waals surface area (Å²) in [5.74, 6) is -2.04. The maximum absolute atomic E-state index is 13.0. The van der Waals surface area contributed by atoms with Crippen molar-refractivity contribution in [2.45, 2.75) is 25.2 Å². The molecule has 0 fully saturated rings. The second kappa shape index (κ2) is 3.88. The summed E-state index contributed by atoms with van der Waals surface area (Å²) in [4.78, 5) is 10.6. The number of hydrogen-bond acceptors (Lipinski definition) is 1. The van der Waals surface area contributed by atoms with Crippen LogP contribution in [0, 0.1) is 0 Å². The molecule has 0 rings (SSSR count). The van der Waals surface area contributed by atoms with Gasteiger partial charge in [-0.15, -0.1) is 0 Å². The lowest BCUT2D eigenvalue weighted by molar-refractivity contribution is -0.229. The predicted octanol–water partition coefficient (Wildman–Crippen LogP) is 2.80. The lowest BCUT2D eigenvalue weighted by Crippen LogP contribution is -2.50. The average molecular weight is 242 g/mol. The van der Waals surface area contributed by atoms with Crippen molar-refractivity contribution in [3.8, 4) is 0 Å². The molecule has 0 saturated carbocycles. The van der Waals surface area contributed by atoms with Crippen molar-refractivity contribution in [1.82, 2.24) is 3.94 Å². The molecule has 0 aliphatic carbocycles. The van der Waals surface area contributed by atoms with Gasteiger partial charge in [-0.25, -0.2) is 4.39 Å². The summed E-state index contributed by atoms with van der Waals surface area (Å²) in [6.45, 7) is 0.864. The Labute approximate surface area is 81.6 Å². The van der Waals surface area contributed by atoms with E-state index in [1.54, 1.807) is 0 Å². The lowest BCUT2D eigenvalue weighted by Gasteiger charge is -2.25. The molecule has 0 aromatic heterocycles. The molecular formula is C5H5Cl2F4NO. The van der Waals surface area contributed by atoms with E-state index in [1.165, 1.54) is 0 Å². The predicted molar refractivity (Wildman–Crippen MR) is 38.7 cm³/mol. The Morgan fingerprint density at radius 2 is 1.69 bits per heavy atom. The minimum atomic E-state index is -5.32. The Kier molecular flexibility index (Phi) is 3.81. The molecule has 0 radical (unpaired) electrons. The monoisotopic (exact) mass is 241 g/mol. The van der Waals surface area contributed by atoms with E-state index in [4.69, 9.17) is 23.6 Å². The molecule has 0 aliphatic rings. The van der Waals surface area contributed by atoms with Crippen LogP contribution in [0.3, 0.4) is 0 Å². The number of halogens is 6. The number of amides is 1. The number of nitrogens with zero attached hydrogens (tertiary/aromatic N) is 1. The summed E-state index contributed by atoms with van der Waals surface area (Å²) in [5, 5.41) is 0. The van der Waals surface area contributed by atoms with Gasteiger partial charge in [0, 0.05) is 23.6 Å². The number of carbonyl (C=O) groups excluding carboxylic acids is 1. The fourth-order valence-electron chi connectivity index (χ4n) is 0.607. The maximum atomic E-state index is 13.0. The fraction of sp³-hybridized carbons (Fsp3) is 0.800. The highest BCUT2D eigenvalue weighted by atomic mass is 35.5. The highest BCUT2D eigenvalue weighted by Crippen LogP contribution is 2.38. The molecule has 1 amide bonds. The van der Waals surface area contributed by atoms with Crippen LogP contribution < -0.4 is 0 Å². The molecular weight excluding hydrogens is 237 g/mol. The van der Waals surface area contributed by atoms with Gasteiger partial charge in [-0.1, -0.05) is 6.92 Å². The lowest BCUT2D eigenvalue weighted by atomic mass is 10.0. The van der Waals surface area contributed by atoms with Crippen LogP contribution in [0.5, 0.6) is 0 Å². The Morgan fingerprint density at radius 1 is 1.31 bits per heavy atom. The normalized spacial score (nSPS) is 16.5. The first kappa shape index (κ1) is 12.8. The minimum absolute atomic E-state index is 0.461. The zero-order chi connectivity index (χ0) is 10.9. The standard InChI is InChI=1S/C5H5Cl2F4NO/c1-2-4(8,5(9,10)11)3(13)12(6)7/h2H2,1H3. The third kappa shape index (κ3) is 2.37. The van der Waals surface area contributed by atoms with Crippen molar-refractivity contribution in [2.24, 2.45) is 0 Å². The first-order valence-corrected chi connectivity index (χ1v) is 3.76. The third-order valence-electron chi connectivity index (χ3n) is 1.43. The number of carbonyl (C=O) groups is 1. The zero-order valence-corrected chi connectivity index (χ0v) is 7.84. The summed E-state index contributed by atoms with van der Waals surface area (Å²) in [7, 11) is 0. The summed E-state index contributed by atoms with van der Waals surface area (Å²) >= 11 is 9.41. The fourth-order valence-corrected chi connectivity index (χ4v) is 0.875. The molecule has 0 spiro atoms. The van der Waals surface area contributed by atoms with Crippen LogP contribution in [0.4, 0.5) is 17.6 Å². The van der Waals surface area contributed by atoms with Crippen molar-refractivity contribution >= 4 is 29.5 Å². The Balaban J connectivity index is 4.96. The molecule has 0 aromatic carbocycles. The topological polar surface area (TPSA) is 20.3 Å². The van der Waals surface area contributed by atoms with Crippen molar-refractivity contribution < 1.29 is 22.4 Å². The molecule has 0 aliphatic heterocycles. The van der Waals surface area contributed by atoms with Gasteiger partial charge < -0.3 is 0 Å². The van der Waals surface area contributed by atoms with Crippen molar-refractivity contribution in [3.63, 3.8) is 0 Å². The van der Waals surface area contributed by atoms with Gasteiger partial charge in [0.05, 0.1) is 0 Å². The van der Waals surface area contributed by atoms with Gasteiger partial charge in [-0.2, -0.15) is 17.1 Å². The van der Waals surface area contributed by atoms with Gasteiger partial charge in [0.25, 0.3) is 11.6 Å². The van der Waals surface area contributed by atoms with Crippen molar-refractivity contribution in [2.75, 3.05) is 0 Å². The maximum Gasteiger partial charge on any atom is 0.431 e. The molecule has 0 bridgehead atoms. The van der Waals surface area contributed by atoms with Crippen molar-refractivity contribution in [1.29, 1.82) is 0 Å². The smallest absolute Gasteiger partial charge is 0.268 e. The summed E-state index contributed by atoms with van der Waals surface area (Å²) in [6, 6.07) is 0. The molecule has 0 N–H and O–H groups in total. The summed E-state index contributed by atoms with van der Waals surface area (Å²) in [5.41, 5.74) is -4.02. The van der Waals surface area contributed by atoms with Crippen molar-refractivity contribution in [3.05, 3.63) is 0 Å². The van der Waals surface area contributed by atoms with Crippen LogP contribution in [0.2, 0.25) is 0 Å². The number of alkyl halides is 4. The van der Waals surface area contributed by atoms with E-state index in [-0.39, 0.29) is 0 Å². The molecule has 78 valence electrons. The van der Waals surface area contributed by atoms with E-state index in [1.807, 2.05) is 0 Å². The molecule has 1 unspecified atom stereocenters. The molecule has 13 heavy (non-hydrogen) atoms. The van der Waals surface area contributed by atoms with E-state index in [0.717, 1.165) is 6.92 Å². The minimum Gasteiger partial charge on any atom is -0.268 e. The van der Waals surface area contributed by atoms with E-state index < -0.39 is 28.1 Å². The number of hydrogen-bond donors (Lipinski definition) is 0. The van der Waals surface area contributed by atoms with Gasteiger partial charge in [-0.05, 0) is 6.42 Å². The Hall–Kier alpha value is -0.230. The highest BCUT2D eigenvalue weighted by molar-refractivity contribution is 6.42. The third-order valence-corrected chi connectivity index (χ3v) is 1.74.